The maximum absolute atomic E-state index is 4.59. The Hall–Kier alpha value is -2.03. The van der Waals surface area contributed by atoms with Gasteiger partial charge in [0, 0.05) is 19.3 Å². The molecule has 2 rings (SSSR count). The Bertz CT molecular complexity index is 523. The van der Waals surface area contributed by atoms with E-state index >= 15 is 0 Å². The van der Waals surface area contributed by atoms with Gasteiger partial charge in [-0.1, -0.05) is 24.3 Å². The molecule has 0 atom stereocenters. The number of nitrogens with zero attached hydrogens (tertiary/aromatic N) is 2. The SMILES string of the molecule is CCN(c1cccc(NC)n1)c1ccccc1C. The molecule has 1 N–H and O–H groups in total. The molecule has 3 heteroatoms. The van der Waals surface area contributed by atoms with E-state index in [1.54, 1.807) is 0 Å². The summed E-state index contributed by atoms with van der Waals surface area (Å²) in [6.07, 6.45) is 0. The first kappa shape index (κ1) is 12.4. The standard InChI is InChI=1S/C15H19N3/c1-4-18(13-9-6-5-8-12(13)2)15-11-7-10-14(16-3)17-15/h5-11H,4H2,1-3H3,(H,16,17). The van der Waals surface area contributed by atoms with E-state index in [0.717, 1.165) is 18.2 Å². The van der Waals surface area contributed by atoms with Crippen molar-refractivity contribution in [3.8, 4) is 0 Å². The molecule has 3 nitrogen and oxygen atoms in total. The van der Waals surface area contributed by atoms with Crippen LogP contribution in [-0.4, -0.2) is 18.6 Å². The normalized spacial score (nSPS) is 10.2. The van der Waals surface area contributed by atoms with Crippen LogP contribution < -0.4 is 10.2 Å². The van der Waals surface area contributed by atoms with Gasteiger partial charge in [0.1, 0.15) is 11.6 Å². The maximum atomic E-state index is 4.59. The summed E-state index contributed by atoms with van der Waals surface area (Å²) in [7, 11) is 1.89. The number of pyridine rings is 1. The van der Waals surface area contributed by atoms with Crippen LogP contribution in [0.2, 0.25) is 0 Å². The highest BCUT2D eigenvalue weighted by Gasteiger charge is 2.10. The Kier molecular flexibility index (Phi) is 3.82. The molecule has 0 saturated carbocycles. The fourth-order valence-corrected chi connectivity index (χ4v) is 2.03. The van der Waals surface area contributed by atoms with Crippen molar-refractivity contribution >= 4 is 17.3 Å². The summed E-state index contributed by atoms with van der Waals surface area (Å²) < 4.78 is 0. The number of aryl methyl sites for hydroxylation is 1. The molecule has 0 bridgehead atoms. The lowest BCUT2D eigenvalue weighted by Gasteiger charge is -2.24. The molecule has 1 aromatic heterocycles. The van der Waals surface area contributed by atoms with Crippen LogP contribution in [-0.2, 0) is 0 Å². The van der Waals surface area contributed by atoms with E-state index in [1.807, 2.05) is 25.2 Å². The van der Waals surface area contributed by atoms with Crippen LogP contribution in [0.15, 0.2) is 42.5 Å². The highest BCUT2D eigenvalue weighted by Crippen LogP contribution is 2.27. The van der Waals surface area contributed by atoms with Crippen LogP contribution in [0.3, 0.4) is 0 Å². The predicted octanol–water partition coefficient (Wildman–Crippen LogP) is 3.59. The van der Waals surface area contributed by atoms with E-state index in [1.165, 1.54) is 11.3 Å². The molecule has 0 saturated heterocycles. The Balaban J connectivity index is 2.42. The van der Waals surface area contributed by atoms with Gasteiger partial charge in [-0.05, 0) is 37.6 Å². The highest BCUT2D eigenvalue weighted by molar-refractivity contribution is 5.64. The summed E-state index contributed by atoms with van der Waals surface area (Å²) in [5, 5.41) is 3.07. The third-order valence-corrected chi connectivity index (χ3v) is 2.99. The topological polar surface area (TPSA) is 28.2 Å². The second-order valence-electron chi connectivity index (χ2n) is 4.16. The van der Waals surface area contributed by atoms with Gasteiger partial charge in [-0.25, -0.2) is 4.98 Å². The van der Waals surface area contributed by atoms with E-state index in [0.29, 0.717) is 0 Å². The summed E-state index contributed by atoms with van der Waals surface area (Å²) in [5.41, 5.74) is 2.47. The third kappa shape index (κ3) is 2.45. The van der Waals surface area contributed by atoms with Gasteiger partial charge in [0.2, 0.25) is 0 Å². The van der Waals surface area contributed by atoms with Crippen LogP contribution in [0.5, 0.6) is 0 Å². The maximum Gasteiger partial charge on any atom is 0.135 e. The molecule has 0 unspecified atom stereocenters. The van der Waals surface area contributed by atoms with Crippen LogP contribution in [0.4, 0.5) is 17.3 Å². The summed E-state index contributed by atoms with van der Waals surface area (Å²) >= 11 is 0. The molecule has 1 aromatic carbocycles. The number of hydrogen-bond acceptors (Lipinski definition) is 3. The lowest BCUT2D eigenvalue weighted by molar-refractivity contribution is 0.983. The molecule has 0 spiro atoms. The first-order valence-electron chi connectivity index (χ1n) is 6.24. The second-order valence-corrected chi connectivity index (χ2v) is 4.16. The van der Waals surface area contributed by atoms with Crippen molar-refractivity contribution in [1.29, 1.82) is 0 Å². The predicted molar refractivity (Wildman–Crippen MR) is 77.6 cm³/mol. The Morgan fingerprint density at radius 3 is 2.56 bits per heavy atom. The van der Waals surface area contributed by atoms with Crippen molar-refractivity contribution in [2.24, 2.45) is 0 Å². The van der Waals surface area contributed by atoms with Crippen LogP contribution in [0, 0.1) is 6.92 Å². The molecule has 0 fully saturated rings. The van der Waals surface area contributed by atoms with Crippen molar-refractivity contribution in [1.82, 2.24) is 4.98 Å². The summed E-state index contributed by atoms with van der Waals surface area (Å²) in [6, 6.07) is 14.4. The second kappa shape index (κ2) is 5.54. The minimum Gasteiger partial charge on any atom is -0.373 e. The zero-order chi connectivity index (χ0) is 13.0. The quantitative estimate of drug-likeness (QED) is 0.886. The van der Waals surface area contributed by atoms with Crippen molar-refractivity contribution in [3.05, 3.63) is 48.0 Å². The van der Waals surface area contributed by atoms with Gasteiger partial charge in [-0.15, -0.1) is 0 Å². The number of rotatable bonds is 4. The van der Waals surface area contributed by atoms with E-state index in [2.05, 4.69) is 53.3 Å². The molecular weight excluding hydrogens is 222 g/mol. The molecule has 18 heavy (non-hydrogen) atoms. The molecular formula is C15H19N3. The van der Waals surface area contributed by atoms with Crippen LogP contribution in [0.1, 0.15) is 12.5 Å². The van der Waals surface area contributed by atoms with Crippen molar-refractivity contribution in [2.75, 3.05) is 23.8 Å². The van der Waals surface area contributed by atoms with Gasteiger partial charge in [0.25, 0.3) is 0 Å². The molecule has 2 aromatic rings. The van der Waals surface area contributed by atoms with Gasteiger partial charge >= 0.3 is 0 Å². The summed E-state index contributed by atoms with van der Waals surface area (Å²) in [6.45, 7) is 5.16. The average molecular weight is 241 g/mol. The van der Waals surface area contributed by atoms with Crippen LogP contribution in [0.25, 0.3) is 0 Å². The third-order valence-electron chi connectivity index (χ3n) is 2.99. The fraction of sp³-hybridized carbons (Fsp3) is 0.267. The first-order chi connectivity index (χ1) is 8.76. The van der Waals surface area contributed by atoms with Gasteiger partial charge in [0.15, 0.2) is 0 Å². The molecule has 0 aliphatic rings. The Labute approximate surface area is 108 Å². The van der Waals surface area contributed by atoms with Crippen molar-refractivity contribution in [3.63, 3.8) is 0 Å². The minimum atomic E-state index is 0.888. The van der Waals surface area contributed by atoms with E-state index in [4.69, 9.17) is 0 Å². The number of hydrogen-bond donors (Lipinski definition) is 1. The molecule has 94 valence electrons. The van der Waals surface area contributed by atoms with E-state index < -0.39 is 0 Å². The first-order valence-corrected chi connectivity index (χ1v) is 6.24. The lowest BCUT2D eigenvalue weighted by atomic mass is 10.2. The summed E-state index contributed by atoms with van der Waals surface area (Å²) in [5.74, 6) is 1.86. The molecule has 1 heterocycles. The lowest BCUT2D eigenvalue weighted by Crippen LogP contribution is -2.18. The monoisotopic (exact) mass is 241 g/mol. The van der Waals surface area contributed by atoms with Crippen molar-refractivity contribution < 1.29 is 0 Å². The molecule has 0 aliphatic carbocycles. The number of para-hydroxylation sites is 1. The highest BCUT2D eigenvalue weighted by atomic mass is 15.2. The Morgan fingerprint density at radius 2 is 1.89 bits per heavy atom. The minimum absolute atomic E-state index is 0.888. The number of benzene rings is 1. The van der Waals surface area contributed by atoms with E-state index in [9.17, 15) is 0 Å². The molecule has 0 radical (unpaired) electrons. The van der Waals surface area contributed by atoms with Gasteiger partial charge in [0.05, 0.1) is 0 Å². The van der Waals surface area contributed by atoms with Gasteiger partial charge < -0.3 is 10.2 Å². The zero-order valence-electron chi connectivity index (χ0n) is 11.1. The fourth-order valence-electron chi connectivity index (χ4n) is 2.03. The Morgan fingerprint density at radius 1 is 1.11 bits per heavy atom. The largest absolute Gasteiger partial charge is 0.373 e. The average Bonchev–Trinajstić information content (AvgIpc) is 2.42. The van der Waals surface area contributed by atoms with Crippen molar-refractivity contribution in [2.45, 2.75) is 13.8 Å². The van der Waals surface area contributed by atoms with Gasteiger partial charge in [-0.2, -0.15) is 0 Å². The number of nitrogens with one attached hydrogen (secondary N) is 1. The zero-order valence-corrected chi connectivity index (χ0v) is 11.1. The molecule has 0 aliphatic heterocycles. The van der Waals surface area contributed by atoms with Gasteiger partial charge in [-0.3, -0.25) is 0 Å². The number of anilines is 3. The van der Waals surface area contributed by atoms with E-state index in [-0.39, 0.29) is 0 Å². The summed E-state index contributed by atoms with van der Waals surface area (Å²) in [4.78, 5) is 6.81. The smallest absolute Gasteiger partial charge is 0.135 e. The molecule has 0 amide bonds. The van der Waals surface area contributed by atoms with Crippen LogP contribution >= 0.6 is 0 Å². The number of aromatic nitrogens is 1.